The Morgan fingerprint density at radius 1 is 1.29 bits per heavy atom. The van der Waals surface area contributed by atoms with E-state index in [9.17, 15) is 8.42 Å². The van der Waals surface area contributed by atoms with E-state index in [1.165, 1.54) is 0 Å². The van der Waals surface area contributed by atoms with Gasteiger partial charge in [0.15, 0.2) is 0 Å². The molecular weight excluding hydrogens is 306 g/mol. The first-order chi connectivity index (χ1) is 7.97. The van der Waals surface area contributed by atoms with Crippen molar-refractivity contribution in [1.82, 2.24) is 0 Å². The molecule has 0 unspecified atom stereocenters. The lowest BCUT2D eigenvalue weighted by Crippen LogP contribution is -2.16. The third-order valence-electron chi connectivity index (χ3n) is 2.13. The number of ether oxygens (including phenoxy) is 1. The first-order valence-corrected chi connectivity index (χ1v) is 7.81. The number of benzene rings is 1. The molecular formula is C11H16BrNO3S. The lowest BCUT2D eigenvalue weighted by molar-refractivity contribution is 0.118. The van der Waals surface area contributed by atoms with Gasteiger partial charge in [-0.1, -0.05) is 28.1 Å². The van der Waals surface area contributed by atoms with Crippen molar-refractivity contribution in [2.45, 2.75) is 19.4 Å². The van der Waals surface area contributed by atoms with Crippen molar-refractivity contribution < 1.29 is 13.2 Å². The molecule has 0 aliphatic heterocycles. The fourth-order valence-corrected chi connectivity index (χ4v) is 2.38. The van der Waals surface area contributed by atoms with Gasteiger partial charge in [0.1, 0.15) is 0 Å². The standard InChI is InChI=1S/C11H16BrNO3S/c12-11-5-3-4-10(8-11)9-16-6-1-2-7-17(13,14)15/h3-5,8H,1-2,6-7,9H2,(H2,13,14,15). The van der Waals surface area contributed by atoms with E-state index >= 15 is 0 Å². The van der Waals surface area contributed by atoms with Crippen LogP contribution < -0.4 is 5.14 Å². The van der Waals surface area contributed by atoms with E-state index in [1.54, 1.807) is 0 Å². The number of halogens is 1. The predicted molar refractivity (Wildman–Crippen MR) is 71.0 cm³/mol. The largest absolute Gasteiger partial charge is 0.377 e. The smallest absolute Gasteiger partial charge is 0.209 e. The third-order valence-corrected chi connectivity index (χ3v) is 3.48. The minimum atomic E-state index is -3.33. The molecule has 4 nitrogen and oxygen atoms in total. The number of hydrogen-bond donors (Lipinski definition) is 1. The fourth-order valence-electron chi connectivity index (χ4n) is 1.32. The topological polar surface area (TPSA) is 69.4 Å². The number of unbranched alkanes of at least 4 members (excludes halogenated alkanes) is 1. The molecule has 0 bridgehead atoms. The number of nitrogens with two attached hydrogens (primary N) is 1. The Morgan fingerprint density at radius 2 is 2.06 bits per heavy atom. The normalized spacial score (nSPS) is 11.6. The van der Waals surface area contributed by atoms with Crippen LogP contribution in [0.4, 0.5) is 0 Å². The van der Waals surface area contributed by atoms with Gasteiger partial charge in [0.05, 0.1) is 12.4 Å². The summed E-state index contributed by atoms with van der Waals surface area (Å²) in [5.41, 5.74) is 1.09. The molecule has 1 aromatic carbocycles. The average Bonchev–Trinajstić information content (AvgIpc) is 2.22. The van der Waals surface area contributed by atoms with Gasteiger partial charge in [-0.15, -0.1) is 0 Å². The molecule has 0 fully saturated rings. The zero-order chi connectivity index (χ0) is 12.7. The summed E-state index contributed by atoms with van der Waals surface area (Å²) in [6, 6.07) is 7.87. The first kappa shape index (κ1) is 14.6. The second-order valence-corrected chi connectivity index (χ2v) is 6.41. The summed E-state index contributed by atoms with van der Waals surface area (Å²) in [6.07, 6.45) is 1.24. The van der Waals surface area contributed by atoms with Crippen molar-refractivity contribution in [2.24, 2.45) is 5.14 Å². The minimum Gasteiger partial charge on any atom is -0.377 e. The molecule has 1 aromatic rings. The summed E-state index contributed by atoms with van der Waals surface area (Å²) < 4.78 is 27.8. The highest BCUT2D eigenvalue weighted by atomic mass is 79.9. The van der Waals surface area contributed by atoms with Crippen LogP contribution in [0.25, 0.3) is 0 Å². The highest BCUT2D eigenvalue weighted by Crippen LogP contribution is 2.12. The van der Waals surface area contributed by atoms with E-state index < -0.39 is 10.0 Å². The maximum Gasteiger partial charge on any atom is 0.209 e. The maximum atomic E-state index is 10.7. The number of rotatable bonds is 7. The quantitative estimate of drug-likeness (QED) is 0.781. The highest BCUT2D eigenvalue weighted by molar-refractivity contribution is 9.10. The Morgan fingerprint density at radius 3 is 2.71 bits per heavy atom. The van der Waals surface area contributed by atoms with Gasteiger partial charge in [0.2, 0.25) is 10.0 Å². The van der Waals surface area contributed by atoms with Crippen molar-refractivity contribution in [3.63, 3.8) is 0 Å². The lowest BCUT2D eigenvalue weighted by atomic mass is 10.2. The van der Waals surface area contributed by atoms with Crippen LogP contribution in [0.15, 0.2) is 28.7 Å². The summed E-state index contributed by atoms with van der Waals surface area (Å²) in [5.74, 6) is 0.0211. The van der Waals surface area contributed by atoms with Crippen LogP contribution in [-0.2, 0) is 21.4 Å². The number of hydrogen-bond acceptors (Lipinski definition) is 3. The van der Waals surface area contributed by atoms with Gasteiger partial charge in [0, 0.05) is 11.1 Å². The SMILES string of the molecule is NS(=O)(=O)CCCCOCc1cccc(Br)c1. The predicted octanol–water partition coefficient (Wildman–Crippen LogP) is 2.03. The van der Waals surface area contributed by atoms with E-state index in [-0.39, 0.29) is 5.75 Å². The molecule has 0 radical (unpaired) electrons. The van der Waals surface area contributed by atoms with E-state index in [2.05, 4.69) is 15.9 Å². The van der Waals surface area contributed by atoms with Crippen LogP contribution in [0, 0.1) is 0 Å². The highest BCUT2D eigenvalue weighted by Gasteiger charge is 2.01. The molecule has 0 aliphatic carbocycles. The Balaban J connectivity index is 2.13. The lowest BCUT2D eigenvalue weighted by Gasteiger charge is -2.04. The van der Waals surface area contributed by atoms with Crippen LogP contribution >= 0.6 is 15.9 Å². The summed E-state index contributed by atoms with van der Waals surface area (Å²) in [4.78, 5) is 0. The number of sulfonamides is 1. The van der Waals surface area contributed by atoms with Gasteiger partial charge >= 0.3 is 0 Å². The van der Waals surface area contributed by atoms with Crippen molar-refractivity contribution in [3.8, 4) is 0 Å². The minimum absolute atomic E-state index is 0.0211. The molecule has 0 aromatic heterocycles. The van der Waals surface area contributed by atoms with Crippen LogP contribution in [-0.4, -0.2) is 20.8 Å². The van der Waals surface area contributed by atoms with Gasteiger partial charge in [-0.05, 0) is 30.5 Å². The summed E-state index contributed by atoms with van der Waals surface area (Å²) in [5, 5.41) is 4.88. The van der Waals surface area contributed by atoms with Crippen LogP contribution in [0.1, 0.15) is 18.4 Å². The average molecular weight is 322 g/mol. The fraction of sp³-hybridized carbons (Fsp3) is 0.455. The van der Waals surface area contributed by atoms with Gasteiger partial charge in [-0.2, -0.15) is 0 Å². The molecule has 0 saturated carbocycles. The molecule has 0 saturated heterocycles. The molecule has 0 heterocycles. The molecule has 1 rings (SSSR count). The Kier molecular flexibility index (Phi) is 6.11. The van der Waals surface area contributed by atoms with Gasteiger partial charge in [-0.3, -0.25) is 0 Å². The molecule has 17 heavy (non-hydrogen) atoms. The second-order valence-electron chi connectivity index (χ2n) is 3.76. The Labute approximate surface area is 110 Å². The van der Waals surface area contributed by atoms with E-state index in [0.29, 0.717) is 26.1 Å². The number of primary sulfonamides is 1. The molecule has 0 amide bonds. The van der Waals surface area contributed by atoms with Crippen molar-refractivity contribution in [2.75, 3.05) is 12.4 Å². The van der Waals surface area contributed by atoms with Crippen LogP contribution in [0.5, 0.6) is 0 Å². The zero-order valence-electron chi connectivity index (χ0n) is 9.43. The Bertz CT molecular complexity index is 448. The van der Waals surface area contributed by atoms with Crippen LogP contribution in [0.3, 0.4) is 0 Å². The maximum absolute atomic E-state index is 10.7. The zero-order valence-corrected chi connectivity index (χ0v) is 11.8. The van der Waals surface area contributed by atoms with Gasteiger partial charge in [0.25, 0.3) is 0 Å². The molecule has 0 aliphatic rings. The molecule has 2 N–H and O–H groups in total. The summed E-state index contributed by atoms with van der Waals surface area (Å²) in [6.45, 7) is 1.08. The molecule has 96 valence electrons. The monoisotopic (exact) mass is 321 g/mol. The van der Waals surface area contributed by atoms with Crippen LogP contribution in [0.2, 0.25) is 0 Å². The van der Waals surface area contributed by atoms with E-state index in [0.717, 1.165) is 10.0 Å². The van der Waals surface area contributed by atoms with Crippen molar-refractivity contribution in [1.29, 1.82) is 0 Å². The molecule has 0 spiro atoms. The molecule has 0 atom stereocenters. The van der Waals surface area contributed by atoms with Crippen molar-refractivity contribution in [3.05, 3.63) is 34.3 Å². The van der Waals surface area contributed by atoms with Crippen molar-refractivity contribution >= 4 is 26.0 Å². The molecule has 6 heteroatoms. The van der Waals surface area contributed by atoms with E-state index in [1.807, 2.05) is 24.3 Å². The second kappa shape index (κ2) is 7.10. The van der Waals surface area contributed by atoms with Gasteiger partial charge < -0.3 is 4.74 Å². The van der Waals surface area contributed by atoms with Gasteiger partial charge in [-0.25, -0.2) is 13.6 Å². The summed E-state index contributed by atoms with van der Waals surface area (Å²) in [7, 11) is -3.33. The Hall–Kier alpha value is -0.430. The first-order valence-electron chi connectivity index (χ1n) is 5.30. The summed E-state index contributed by atoms with van der Waals surface area (Å²) >= 11 is 3.38. The van der Waals surface area contributed by atoms with E-state index in [4.69, 9.17) is 9.88 Å². The third kappa shape index (κ3) is 7.49.